The average Bonchev–Trinajstić information content (AvgIpc) is 1.85. The molecule has 0 aliphatic carbocycles. The molecular formula is C10H16ClN. The van der Waals surface area contributed by atoms with Crippen LogP contribution in [-0.2, 0) is 0 Å². The first-order chi connectivity index (χ1) is 5.11. The van der Waals surface area contributed by atoms with E-state index in [9.17, 15) is 0 Å². The highest BCUT2D eigenvalue weighted by Crippen LogP contribution is 2.15. The predicted octanol–water partition coefficient (Wildman–Crippen LogP) is 2.74. The second kappa shape index (κ2) is 4.48. The Morgan fingerprint density at radius 1 is 1.25 bits per heavy atom. The van der Waals surface area contributed by atoms with Gasteiger partial charge in [-0.25, -0.2) is 0 Å². The minimum Gasteiger partial charge on any atom is -0.324 e. The third-order valence-electron chi connectivity index (χ3n) is 1.92. The Balaban J connectivity index is 0.00000121. The molecule has 0 aromatic heterocycles. The van der Waals surface area contributed by atoms with Gasteiger partial charge in [-0.1, -0.05) is 23.8 Å². The maximum atomic E-state index is 5.76. The molecule has 0 bridgehead atoms. The fourth-order valence-electron chi connectivity index (χ4n) is 1.34. The highest BCUT2D eigenvalue weighted by atomic mass is 35.5. The van der Waals surface area contributed by atoms with Gasteiger partial charge < -0.3 is 5.73 Å². The van der Waals surface area contributed by atoms with E-state index in [0.717, 1.165) is 0 Å². The van der Waals surface area contributed by atoms with Crippen LogP contribution in [-0.4, -0.2) is 0 Å². The van der Waals surface area contributed by atoms with Crippen molar-refractivity contribution >= 4 is 12.4 Å². The summed E-state index contributed by atoms with van der Waals surface area (Å²) in [6.07, 6.45) is 0. The largest absolute Gasteiger partial charge is 0.324 e. The van der Waals surface area contributed by atoms with Gasteiger partial charge in [0.15, 0.2) is 0 Å². The Labute approximate surface area is 80.4 Å². The number of nitrogens with two attached hydrogens (primary N) is 1. The molecule has 0 spiro atoms. The van der Waals surface area contributed by atoms with E-state index in [1.165, 1.54) is 16.7 Å². The van der Waals surface area contributed by atoms with Crippen LogP contribution < -0.4 is 5.73 Å². The molecular weight excluding hydrogens is 170 g/mol. The molecule has 1 atom stereocenters. The molecule has 2 N–H and O–H groups in total. The molecule has 0 aliphatic rings. The van der Waals surface area contributed by atoms with E-state index in [-0.39, 0.29) is 18.4 Å². The summed E-state index contributed by atoms with van der Waals surface area (Å²) in [6.45, 7) is 6.21. The molecule has 0 saturated heterocycles. The van der Waals surface area contributed by atoms with E-state index in [0.29, 0.717) is 0 Å². The molecule has 0 unspecified atom stereocenters. The fourth-order valence-corrected chi connectivity index (χ4v) is 1.34. The van der Waals surface area contributed by atoms with Crippen LogP contribution in [0.4, 0.5) is 0 Å². The highest BCUT2D eigenvalue weighted by molar-refractivity contribution is 5.85. The lowest BCUT2D eigenvalue weighted by molar-refractivity contribution is 0.809. The summed E-state index contributed by atoms with van der Waals surface area (Å²) in [7, 11) is 0. The van der Waals surface area contributed by atoms with Gasteiger partial charge in [-0.05, 0) is 31.9 Å². The maximum absolute atomic E-state index is 5.76. The third kappa shape index (κ3) is 2.50. The Hall–Kier alpha value is -0.530. The van der Waals surface area contributed by atoms with Crippen LogP contribution >= 0.6 is 12.4 Å². The quantitative estimate of drug-likeness (QED) is 0.716. The fraction of sp³-hybridized carbons (Fsp3) is 0.400. The van der Waals surface area contributed by atoms with Crippen LogP contribution in [0.15, 0.2) is 18.2 Å². The summed E-state index contributed by atoms with van der Waals surface area (Å²) >= 11 is 0. The van der Waals surface area contributed by atoms with Gasteiger partial charge in [0.2, 0.25) is 0 Å². The summed E-state index contributed by atoms with van der Waals surface area (Å²) in [5.74, 6) is 0. The van der Waals surface area contributed by atoms with Gasteiger partial charge in [0.05, 0.1) is 0 Å². The molecule has 0 fully saturated rings. The van der Waals surface area contributed by atoms with Crippen molar-refractivity contribution in [3.63, 3.8) is 0 Å². The minimum atomic E-state index is 0. The Morgan fingerprint density at radius 2 is 1.83 bits per heavy atom. The molecule has 12 heavy (non-hydrogen) atoms. The van der Waals surface area contributed by atoms with Crippen molar-refractivity contribution in [1.29, 1.82) is 0 Å². The maximum Gasteiger partial charge on any atom is 0.0268 e. The zero-order valence-electron chi connectivity index (χ0n) is 7.79. The highest BCUT2D eigenvalue weighted by Gasteiger charge is 2.01. The number of halogens is 1. The van der Waals surface area contributed by atoms with Gasteiger partial charge in [-0.3, -0.25) is 0 Å². The second-order valence-corrected chi connectivity index (χ2v) is 3.15. The van der Waals surface area contributed by atoms with Crippen molar-refractivity contribution in [1.82, 2.24) is 0 Å². The summed E-state index contributed by atoms with van der Waals surface area (Å²) in [5, 5.41) is 0. The van der Waals surface area contributed by atoms with Crippen molar-refractivity contribution in [2.75, 3.05) is 0 Å². The van der Waals surface area contributed by atoms with Crippen LogP contribution in [0, 0.1) is 13.8 Å². The number of rotatable bonds is 1. The molecule has 2 heteroatoms. The molecule has 0 saturated carbocycles. The molecule has 0 heterocycles. The summed E-state index contributed by atoms with van der Waals surface area (Å²) in [4.78, 5) is 0. The van der Waals surface area contributed by atoms with Crippen molar-refractivity contribution in [2.45, 2.75) is 26.8 Å². The lowest BCUT2D eigenvalue weighted by Gasteiger charge is -2.09. The van der Waals surface area contributed by atoms with Crippen molar-refractivity contribution in [2.24, 2.45) is 5.73 Å². The standard InChI is InChI=1S/C10H15N.ClH/c1-7-4-5-10(9(3)11)8(2)6-7;/h4-6,9H,11H2,1-3H3;1H/t9-;/m0./s1. The molecule has 1 nitrogen and oxygen atoms in total. The summed E-state index contributed by atoms with van der Waals surface area (Å²) in [6, 6.07) is 6.52. The molecule has 0 amide bonds. The van der Waals surface area contributed by atoms with Crippen LogP contribution in [0.3, 0.4) is 0 Å². The minimum absolute atomic E-state index is 0. The van der Waals surface area contributed by atoms with E-state index in [1.54, 1.807) is 0 Å². The van der Waals surface area contributed by atoms with Gasteiger partial charge in [0.1, 0.15) is 0 Å². The first kappa shape index (κ1) is 11.5. The van der Waals surface area contributed by atoms with E-state index in [1.807, 2.05) is 6.92 Å². The molecule has 68 valence electrons. The SMILES string of the molecule is Cc1ccc([C@H](C)N)c(C)c1.Cl. The molecule has 1 aromatic rings. The average molecular weight is 186 g/mol. The third-order valence-corrected chi connectivity index (χ3v) is 1.92. The molecule has 0 radical (unpaired) electrons. The van der Waals surface area contributed by atoms with Gasteiger partial charge in [-0.2, -0.15) is 0 Å². The van der Waals surface area contributed by atoms with Crippen molar-refractivity contribution < 1.29 is 0 Å². The van der Waals surface area contributed by atoms with Gasteiger partial charge in [0, 0.05) is 6.04 Å². The van der Waals surface area contributed by atoms with E-state index >= 15 is 0 Å². The van der Waals surface area contributed by atoms with Crippen LogP contribution in [0.1, 0.15) is 29.7 Å². The van der Waals surface area contributed by atoms with E-state index < -0.39 is 0 Å². The second-order valence-electron chi connectivity index (χ2n) is 3.15. The molecule has 0 aliphatic heterocycles. The summed E-state index contributed by atoms with van der Waals surface area (Å²) in [5.41, 5.74) is 9.60. The van der Waals surface area contributed by atoms with Crippen LogP contribution in [0.5, 0.6) is 0 Å². The zero-order chi connectivity index (χ0) is 8.43. The lowest BCUT2D eigenvalue weighted by atomic mass is 10.0. The molecule has 1 rings (SSSR count). The number of hydrogen-bond donors (Lipinski definition) is 1. The Bertz CT molecular complexity index is 256. The van der Waals surface area contributed by atoms with Gasteiger partial charge >= 0.3 is 0 Å². The Morgan fingerprint density at radius 3 is 2.25 bits per heavy atom. The van der Waals surface area contributed by atoms with E-state index in [4.69, 9.17) is 5.73 Å². The predicted molar refractivity (Wildman–Crippen MR) is 55.8 cm³/mol. The zero-order valence-corrected chi connectivity index (χ0v) is 8.61. The normalized spacial score (nSPS) is 12.0. The lowest BCUT2D eigenvalue weighted by Crippen LogP contribution is -2.06. The number of hydrogen-bond acceptors (Lipinski definition) is 1. The first-order valence-electron chi connectivity index (χ1n) is 3.94. The topological polar surface area (TPSA) is 26.0 Å². The van der Waals surface area contributed by atoms with Crippen LogP contribution in [0.2, 0.25) is 0 Å². The smallest absolute Gasteiger partial charge is 0.0268 e. The van der Waals surface area contributed by atoms with Gasteiger partial charge in [-0.15, -0.1) is 12.4 Å². The number of benzene rings is 1. The number of aryl methyl sites for hydroxylation is 2. The monoisotopic (exact) mass is 185 g/mol. The summed E-state index contributed by atoms with van der Waals surface area (Å²) < 4.78 is 0. The Kier molecular flexibility index (Phi) is 4.29. The van der Waals surface area contributed by atoms with Gasteiger partial charge in [0.25, 0.3) is 0 Å². The van der Waals surface area contributed by atoms with Crippen LogP contribution in [0.25, 0.3) is 0 Å². The first-order valence-corrected chi connectivity index (χ1v) is 3.94. The van der Waals surface area contributed by atoms with Crippen molar-refractivity contribution in [3.8, 4) is 0 Å². The van der Waals surface area contributed by atoms with Crippen molar-refractivity contribution in [3.05, 3.63) is 34.9 Å². The molecule has 1 aromatic carbocycles. The van der Waals surface area contributed by atoms with E-state index in [2.05, 4.69) is 32.0 Å².